The van der Waals surface area contributed by atoms with E-state index in [0.717, 1.165) is 12.1 Å². The summed E-state index contributed by atoms with van der Waals surface area (Å²) >= 11 is 0. The SMILES string of the molecule is CC(C)(C)C(=O)COC(=O)C1(C(=O)OCc2ccccc2)CCCNC1. The summed E-state index contributed by atoms with van der Waals surface area (Å²) < 4.78 is 10.6. The monoisotopic (exact) mass is 361 g/mol. The van der Waals surface area contributed by atoms with Gasteiger partial charge in [-0.1, -0.05) is 51.1 Å². The fourth-order valence-electron chi connectivity index (χ4n) is 2.68. The maximum atomic E-state index is 12.7. The van der Waals surface area contributed by atoms with Gasteiger partial charge in [0.1, 0.15) is 6.61 Å². The van der Waals surface area contributed by atoms with Gasteiger partial charge in [-0.2, -0.15) is 0 Å². The molecule has 1 fully saturated rings. The molecule has 0 bridgehead atoms. The number of ether oxygens (including phenoxy) is 2. The number of nitrogens with one attached hydrogen (secondary N) is 1. The normalized spacial score (nSPS) is 20.3. The zero-order valence-corrected chi connectivity index (χ0v) is 15.7. The van der Waals surface area contributed by atoms with Crippen molar-refractivity contribution in [3.63, 3.8) is 0 Å². The summed E-state index contributed by atoms with van der Waals surface area (Å²) in [5.41, 5.74) is -1.16. The second-order valence-electron chi connectivity index (χ2n) is 7.67. The maximum Gasteiger partial charge on any atom is 0.325 e. The lowest BCUT2D eigenvalue weighted by Crippen LogP contribution is -2.52. The van der Waals surface area contributed by atoms with Gasteiger partial charge in [-0.25, -0.2) is 0 Å². The van der Waals surface area contributed by atoms with Crippen molar-refractivity contribution in [2.24, 2.45) is 10.8 Å². The molecule has 1 aromatic carbocycles. The summed E-state index contributed by atoms with van der Waals surface area (Å²) in [6.45, 7) is 5.91. The topological polar surface area (TPSA) is 81.7 Å². The number of hydrogen-bond donors (Lipinski definition) is 1. The number of carbonyl (C=O) groups is 3. The second kappa shape index (κ2) is 8.45. The molecule has 2 rings (SSSR count). The van der Waals surface area contributed by atoms with E-state index >= 15 is 0 Å². The molecule has 1 aliphatic heterocycles. The lowest BCUT2D eigenvalue weighted by molar-refractivity contribution is -0.176. The van der Waals surface area contributed by atoms with E-state index in [-0.39, 0.29) is 25.5 Å². The molecule has 0 radical (unpaired) electrons. The Hall–Kier alpha value is -2.21. The molecular formula is C20H27NO5. The van der Waals surface area contributed by atoms with E-state index in [2.05, 4.69) is 5.32 Å². The molecule has 0 spiro atoms. The van der Waals surface area contributed by atoms with Crippen LogP contribution in [-0.2, 0) is 30.5 Å². The molecule has 0 amide bonds. The molecule has 1 atom stereocenters. The van der Waals surface area contributed by atoms with Crippen molar-refractivity contribution in [3.8, 4) is 0 Å². The molecule has 6 heteroatoms. The number of Topliss-reactive ketones (excluding diaryl/α,β-unsaturated/α-hetero) is 1. The van der Waals surface area contributed by atoms with Crippen molar-refractivity contribution < 1.29 is 23.9 Å². The Labute approximate surface area is 154 Å². The second-order valence-corrected chi connectivity index (χ2v) is 7.67. The minimum absolute atomic E-state index is 0.0929. The van der Waals surface area contributed by atoms with E-state index in [1.165, 1.54) is 0 Å². The van der Waals surface area contributed by atoms with Crippen LogP contribution >= 0.6 is 0 Å². The number of piperidine rings is 1. The smallest absolute Gasteiger partial charge is 0.325 e. The van der Waals surface area contributed by atoms with Gasteiger partial charge in [-0.3, -0.25) is 14.4 Å². The molecular weight excluding hydrogens is 334 g/mol. The molecule has 26 heavy (non-hydrogen) atoms. The van der Waals surface area contributed by atoms with Gasteiger partial charge in [0, 0.05) is 12.0 Å². The van der Waals surface area contributed by atoms with Crippen LogP contribution in [0, 0.1) is 10.8 Å². The highest BCUT2D eigenvalue weighted by molar-refractivity contribution is 6.01. The summed E-state index contributed by atoms with van der Waals surface area (Å²) in [6.07, 6.45) is 0.999. The molecule has 1 saturated heterocycles. The van der Waals surface area contributed by atoms with Gasteiger partial charge in [0.05, 0.1) is 0 Å². The Kier molecular flexibility index (Phi) is 6.53. The lowest BCUT2D eigenvalue weighted by Gasteiger charge is -2.33. The molecule has 0 aromatic heterocycles. The van der Waals surface area contributed by atoms with Gasteiger partial charge in [-0.05, 0) is 24.9 Å². The van der Waals surface area contributed by atoms with Crippen LogP contribution in [0.2, 0.25) is 0 Å². The van der Waals surface area contributed by atoms with E-state index in [1.54, 1.807) is 20.8 Å². The van der Waals surface area contributed by atoms with E-state index in [4.69, 9.17) is 9.47 Å². The van der Waals surface area contributed by atoms with E-state index in [9.17, 15) is 14.4 Å². The fraction of sp³-hybridized carbons (Fsp3) is 0.550. The predicted molar refractivity (Wildman–Crippen MR) is 96.2 cm³/mol. The lowest BCUT2D eigenvalue weighted by atomic mass is 9.80. The molecule has 0 aliphatic carbocycles. The first-order valence-corrected chi connectivity index (χ1v) is 8.88. The van der Waals surface area contributed by atoms with Crippen molar-refractivity contribution in [1.29, 1.82) is 0 Å². The standard InChI is InChI=1S/C20H27NO5/c1-19(2,3)16(22)13-26-18(24)20(10-7-11-21-14-20)17(23)25-12-15-8-5-4-6-9-15/h4-6,8-9,21H,7,10-14H2,1-3H3. The van der Waals surface area contributed by atoms with Gasteiger partial charge < -0.3 is 14.8 Å². The fourth-order valence-corrected chi connectivity index (χ4v) is 2.68. The quantitative estimate of drug-likeness (QED) is 0.618. The first-order chi connectivity index (χ1) is 12.3. The van der Waals surface area contributed by atoms with Gasteiger partial charge in [-0.15, -0.1) is 0 Å². The van der Waals surface area contributed by atoms with Gasteiger partial charge >= 0.3 is 11.9 Å². The molecule has 6 nitrogen and oxygen atoms in total. The Morgan fingerprint density at radius 3 is 2.31 bits per heavy atom. The largest absolute Gasteiger partial charge is 0.460 e. The zero-order chi connectivity index (χ0) is 19.2. The van der Waals surface area contributed by atoms with Crippen molar-refractivity contribution in [3.05, 3.63) is 35.9 Å². The Balaban J connectivity index is 2.05. The zero-order valence-electron chi connectivity index (χ0n) is 15.7. The molecule has 1 heterocycles. The number of esters is 2. The Morgan fingerprint density at radius 1 is 1.08 bits per heavy atom. The van der Waals surface area contributed by atoms with E-state index in [0.29, 0.717) is 12.8 Å². The minimum atomic E-state index is -1.40. The molecule has 1 unspecified atom stereocenters. The molecule has 1 aliphatic rings. The summed E-state index contributed by atoms with van der Waals surface area (Å²) in [5, 5.41) is 3.07. The van der Waals surface area contributed by atoms with Crippen molar-refractivity contribution in [2.45, 2.75) is 40.2 Å². The molecule has 1 aromatic rings. The van der Waals surface area contributed by atoms with E-state index in [1.807, 2.05) is 30.3 Å². The van der Waals surface area contributed by atoms with Crippen LogP contribution < -0.4 is 5.32 Å². The van der Waals surface area contributed by atoms with Crippen LogP contribution in [0.15, 0.2) is 30.3 Å². The van der Waals surface area contributed by atoms with Gasteiger partial charge in [0.15, 0.2) is 17.8 Å². The highest BCUT2D eigenvalue weighted by Crippen LogP contribution is 2.30. The van der Waals surface area contributed by atoms with Crippen LogP contribution in [0.25, 0.3) is 0 Å². The van der Waals surface area contributed by atoms with Crippen molar-refractivity contribution in [1.82, 2.24) is 5.32 Å². The summed E-state index contributed by atoms with van der Waals surface area (Å²) in [6, 6.07) is 9.28. The predicted octanol–water partition coefficient (Wildman–Crippen LogP) is 2.26. The third-order valence-electron chi connectivity index (χ3n) is 4.55. The van der Waals surface area contributed by atoms with Crippen LogP contribution in [0.4, 0.5) is 0 Å². The van der Waals surface area contributed by atoms with Crippen LogP contribution in [-0.4, -0.2) is 37.4 Å². The van der Waals surface area contributed by atoms with Crippen molar-refractivity contribution >= 4 is 17.7 Å². The maximum absolute atomic E-state index is 12.7. The van der Waals surface area contributed by atoms with E-state index < -0.39 is 22.8 Å². The summed E-state index contributed by atoms with van der Waals surface area (Å²) in [4.78, 5) is 37.4. The first-order valence-electron chi connectivity index (χ1n) is 8.88. The molecule has 142 valence electrons. The summed E-state index contributed by atoms with van der Waals surface area (Å²) in [7, 11) is 0. The Bertz CT molecular complexity index is 642. The molecule has 0 saturated carbocycles. The number of ketones is 1. The average molecular weight is 361 g/mol. The number of benzene rings is 1. The number of hydrogen-bond acceptors (Lipinski definition) is 6. The van der Waals surface area contributed by atoms with Crippen LogP contribution in [0.1, 0.15) is 39.2 Å². The van der Waals surface area contributed by atoms with Crippen LogP contribution in [0.3, 0.4) is 0 Å². The highest BCUT2D eigenvalue weighted by Gasteiger charge is 2.50. The first kappa shape index (κ1) is 20.1. The number of rotatable bonds is 6. The number of carbonyl (C=O) groups excluding carboxylic acids is 3. The third kappa shape index (κ3) is 4.91. The Morgan fingerprint density at radius 2 is 1.73 bits per heavy atom. The van der Waals surface area contributed by atoms with Gasteiger partial charge in [0.2, 0.25) is 0 Å². The highest BCUT2D eigenvalue weighted by atomic mass is 16.6. The van der Waals surface area contributed by atoms with Crippen LogP contribution in [0.5, 0.6) is 0 Å². The van der Waals surface area contributed by atoms with Crippen molar-refractivity contribution in [2.75, 3.05) is 19.7 Å². The van der Waals surface area contributed by atoms with Gasteiger partial charge in [0.25, 0.3) is 0 Å². The minimum Gasteiger partial charge on any atom is -0.460 e. The molecule has 1 N–H and O–H groups in total. The summed E-state index contributed by atoms with van der Waals surface area (Å²) in [5.74, 6) is -1.50. The third-order valence-corrected chi connectivity index (χ3v) is 4.55. The average Bonchev–Trinajstić information content (AvgIpc) is 2.64.